The Morgan fingerprint density at radius 3 is 2.50 bits per heavy atom. The molecule has 1 aliphatic carbocycles. The van der Waals surface area contributed by atoms with Crippen molar-refractivity contribution in [1.82, 2.24) is 10.2 Å². The predicted molar refractivity (Wildman–Crippen MR) is 77.9 cm³/mol. The number of aliphatic hydroxyl groups is 1. The van der Waals surface area contributed by atoms with Crippen LogP contribution in [0.4, 0.5) is 0 Å². The number of rotatable bonds is 8. The smallest absolute Gasteiger partial charge is 0.0611 e. The van der Waals surface area contributed by atoms with Gasteiger partial charge in [-0.3, -0.25) is 0 Å². The molecule has 108 valence electrons. The van der Waals surface area contributed by atoms with Crippen LogP contribution < -0.4 is 5.32 Å². The standard InChI is InChI=1S/C15H32N2O/c1-4-11-16-15(2,13-18)10-12-17(3)14-8-6-5-7-9-14/h14,16,18H,4-13H2,1-3H3. The number of hydrogen-bond acceptors (Lipinski definition) is 3. The van der Waals surface area contributed by atoms with Crippen LogP contribution in [-0.4, -0.2) is 48.3 Å². The number of hydrogen-bond donors (Lipinski definition) is 2. The fraction of sp³-hybridized carbons (Fsp3) is 1.00. The Kier molecular flexibility index (Phi) is 7.20. The van der Waals surface area contributed by atoms with Crippen LogP contribution in [0.25, 0.3) is 0 Å². The van der Waals surface area contributed by atoms with E-state index < -0.39 is 0 Å². The highest BCUT2D eigenvalue weighted by atomic mass is 16.3. The summed E-state index contributed by atoms with van der Waals surface area (Å²) in [6, 6.07) is 0.771. The molecule has 0 aromatic rings. The Labute approximate surface area is 113 Å². The van der Waals surface area contributed by atoms with Crippen LogP contribution in [0.15, 0.2) is 0 Å². The van der Waals surface area contributed by atoms with Gasteiger partial charge in [-0.15, -0.1) is 0 Å². The average Bonchev–Trinajstić information content (AvgIpc) is 2.43. The van der Waals surface area contributed by atoms with Crippen LogP contribution >= 0.6 is 0 Å². The van der Waals surface area contributed by atoms with E-state index in [9.17, 15) is 5.11 Å². The summed E-state index contributed by atoms with van der Waals surface area (Å²) in [4.78, 5) is 2.50. The molecule has 0 saturated heterocycles. The third-order valence-electron chi connectivity index (χ3n) is 4.37. The zero-order chi connectivity index (χ0) is 13.4. The first-order chi connectivity index (χ1) is 8.61. The number of nitrogens with zero attached hydrogens (tertiary/aromatic N) is 1. The summed E-state index contributed by atoms with van der Waals surface area (Å²) in [5, 5.41) is 13.0. The van der Waals surface area contributed by atoms with Gasteiger partial charge in [0.1, 0.15) is 0 Å². The van der Waals surface area contributed by atoms with E-state index in [1.165, 1.54) is 32.1 Å². The minimum atomic E-state index is -0.112. The molecular weight excluding hydrogens is 224 g/mol. The minimum absolute atomic E-state index is 0.112. The second kappa shape index (κ2) is 8.13. The molecule has 0 amide bonds. The summed E-state index contributed by atoms with van der Waals surface area (Å²) in [6.45, 7) is 6.60. The molecule has 3 nitrogen and oxygen atoms in total. The summed E-state index contributed by atoms with van der Waals surface area (Å²) >= 11 is 0. The van der Waals surface area contributed by atoms with Gasteiger partial charge < -0.3 is 15.3 Å². The third-order valence-corrected chi connectivity index (χ3v) is 4.37. The molecular formula is C15H32N2O. The Balaban J connectivity index is 2.31. The molecule has 0 aromatic carbocycles. The van der Waals surface area contributed by atoms with E-state index in [-0.39, 0.29) is 12.1 Å². The molecule has 1 aliphatic rings. The van der Waals surface area contributed by atoms with Gasteiger partial charge in [-0.1, -0.05) is 26.2 Å². The fourth-order valence-electron chi connectivity index (χ4n) is 2.78. The topological polar surface area (TPSA) is 35.5 Å². The molecule has 0 radical (unpaired) electrons. The first-order valence-corrected chi connectivity index (χ1v) is 7.67. The molecule has 0 aliphatic heterocycles. The van der Waals surface area contributed by atoms with Gasteiger partial charge in [0.05, 0.1) is 6.61 Å². The van der Waals surface area contributed by atoms with Crippen molar-refractivity contribution in [3.63, 3.8) is 0 Å². The summed E-state index contributed by atoms with van der Waals surface area (Å²) in [5.41, 5.74) is -0.112. The molecule has 0 heterocycles. The molecule has 3 heteroatoms. The highest BCUT2D eigenvalue weighted by Gasteiger charge is 2.24. The summed E-state index contributed by atoms with van der Waals surface area (Å²) in [6.07, 6.45) is 9.05. The van der Waals surface area contributed by atoms with Crippen molar-refractivity contribution in [3.05, 3.63) is 0 Å². The van der Waals surface area contributed by atoms with E-state index in [4.69, 9.17) is 0 Å². The van der Waals surface area contributed by atoms with E-state index in [0.29, 0.717) is 0 Å². The Morgan fingerprint density at radius 1 is 1.28 bits per heavy atom. The fourth-order valence-corrected chi connectivity index (χ4v) is 2.78. The lowest BCUT2D eigenvalue weighted by molar-refractivity contribution is 0.129. The van der Waals surface area contributed by atoms with Crippen LogP contribution in [-0.2, 0) is 0 Å². The first kappa shape index (κ1) is 15.9. The third kappa shape index (κ3) is 5.25. The SMILES string of the molecule is CCCNC(C)(CO)CCN(C)C1CCCCC1. The van der Waals surface area contributed by atoms with Gasteiger partial charge in [0, 0.05) is 11.6 Å². The number of nitrogens with one attached hydrogen (secondary N) is 1. The largest absolute Gasteiger partial charge is 0.394 e. The molecule has 1 rings (SSSR count). The second-order valence-electron chi connectivity index (χ2n) is 6.17. The van der Waals surface area contributed by atoms with E-state index in [1.807, 2.05) is 0 Å². The Bertz CT molecular complexity index is 217. The summed E-state index contributed by atoms with van der Waals surface area (Å²) < 4.78 is 0. The second-order valence-corrected chi connectivity index (χ2v) is 6.17. The molecule has 1 saturated carbocycles. The van der Waals surface area contributed by atoms with E-state index in [0.717, 1.165) is 32.0 Å². The van der Waals surface area contributed by atoms with Crippen molar-refractivity contribution >= 4 is 0 Å². The maximum Gasteiger partial charge on any atom is 0.0611 e. The molecule has 1 fully saturated rings. The highest BCUT2D eigenvalue weighted by Crippen LogP contribution is 2.22. The van der Waals surface area contributed by atoms with Gasteiger partial charge in [0.25, 0.3) is 0 Å². The Morgan fingerprint density at radius 2 is 1.94 bits per heavy atom. The van der Waals surface area contributed by atoms with Gasteiger partial charge in [0.2, 0.25) is 0 Å². The molecule has 2 N–H and O–H groups in total. The van der Waals surface area contributed by atoms with Crippen molar-refractivity contribution in [2.24, 2.45) is 0 Å². The summed E-state index contributed by atoms with van der Waals surface area (Å²) in [7, 11) is 2.24. The highest BCUT2D eigenvalue weighted by molar-refractivity contribution is 4.84. The van der Waals surface area contributed by atoms with Crippen molar-refractivity contribution < 1.29 is 5.11 Å². The average molecular weight is 256 g/mol. The van der Waals surface area contributed by atoms with E-state index in [2.05, 4.69) is 31.1 Å². The van der Waals surface area contributed by atoms with Crippen molar-refractivity contribution in [2.45, 2.75) is 70.4 Å². The lowest BCUT2D eigenvalue weighted by Gasteiger charge is -2.35. The van der Waals surface area contributed by atoms with Crippen molar-refractivity contribution in [3.8, 4) is 0 Å². The van der Waals surface area contributed by atoms with Gasteiger partial charge in [-0.05, 0) is 52.7 Å². The van der Waals surface area contributed by atoms with Crippen LogP contribution in [0.1, 0.15) is 58.8 Å². The Hall–Kier alpha value is -0.120. The summed E-state index contributed by atoms with van der Waals surface area (Å²) in [5.74, 6) is 0. The maximum atomic E-state index is 9.55. The van der Waals surface area contributed by atoms with Crippen LogP contribution in [0.5, 0.6) is 0 Å². The van der Waals surface area contributed by atoms with Gasteiger partial charge >= 0.3 is 0 Å². The lowest BCUT2D eigenvalue weighted by Crippen LogP contribution is -2.49. The van der Waals surface area contributed by atoms with Gasteiger partial charge in [-0.25, -0.2) is 0 Å². The molecule has 18 heavy (non-hydrogen) atoms. The molecule has 0 spiro atoms. The molecule has 0 bridgehead atoms. The molecule has 1 unspecified atom stereocenters. The van der Waals surface area contributed by atoms with Crippen LogP contribution in [0, 0.1) is 0 Å². The quantitative estimate of drug-likeness (QED) is 0.700. The van der Waals surface area contributed by atoms with Crippen LogP contribution in [0.3, 0.4) is 0 Å². The van der Waals surface area contributed by atoms with Crippen molar-refractivity contribution in [2.75, 3.05) is 26.7 Å². The minimum Gasteiger partial charge on any atom is -0.394 e. The predicted octanol–water partition coefficient (Wildman–Crippen LogP) is 2.39. The van der Waals surface area contributed by atoms with Gasteiger partial charge in [0.15, 0.2) is 0 Å². The zero-order valence-electron chi connectivity index (χ0n) is 12.5. The normalized spacial score (nSPS) is 21.2. The maximum absolute atomic E-state index is 9.55. The van der Waals surface area contributed by atoms with E-state index in [1.54, 1.807) is 0 Å². The van der Waals surface area contributed by atoms with Crippen LogP contribution in [0.2, 0.25) is 0 Å². The molecule has 1 atom stereocenters. The first-order valence-electron chi connectivity index (χ1n) is 7.67. The van der Waals surface area contributed by atoms with Crippen molar-refractivity contribution in [1.29, 1.82) is 0 Å². The zero-order valence-corrected chi connectivity index (χ0v) is 12.5. The van der Waals surface area contributed by atoms with E-state index >= 15 is 0 Å². The number of aliphatic hydroxyl groups excluding tert-OH is 1. The molecule has 0 aromatic heterocycles. The lowest BCUT2D eigenvalue weighted by atomic mass is 9.93. The monoisotopic (exact) mass is 256 g/mol. The van der Waals surface area contributed by atoms with Gasteiger partial charge in [-0.2, -0.15) is 0 Å².